The first kappa shape index (κ1) is 21.1. The van der Waals surface area contributed by atoms with Crippen LogP contribution in [-0.4, -0.2) is 31.9 Å². The number of carbonyl (C=O) groups excluding carboxylic acids is 1. The van der Waals surface area contributed by atoms with Crippen molar-refractivity contribution >= 4 is 46.0 Å². The molecule has 0 bridgehead atoms. The Balaban J connectivity index is 1.47. The van der Waals surface area contributed by atoms with Crippen molar-refractivity contribution in [1.82, 2.24) is 20.0 Å². The van der Waals surface area contributed by atoms with E-state index in [2.05, 4.69) is 20.1 Å². The first-order valence-electron chi connectivity index (χ1n) is 9.66. The van der Waals surface area contributed by atoms with Crippen molar-refractivity contribution in [1.29, 1.82) is 0 Å². The Hall–Kier alpha value is -3.16. The largest absolute Gasteiger partial charge is 0.314 e. The highest BCUT2D eigenvalue weighted by atomic mass is 35.5. The van der Waals surface area contributed by atoms with Gasteiger partial charge < -0.3 is 4.57 Å². The van der Waals surface area contributed by atoms with E-state index in [0.717, 1.165) is 33.0 Å². The zero-order chi connectivity index (χ0) is 21.6. The normalized spacial score (nSPS) is 11.6. The zero-order valence-electron chi connectivity index (χ0n) is 16.8. The van der Waals surface area contributed by atoms with Gasteiger partial charge in [0.05, 0.1) is 29.0 Å². The van der Waals surface area contributed by atoms with Crippen LogP contribution in [0.25, 0.3) is 11.0 Å². The minimum Gasteiger partial charge on any atom is -0.314 e. The van der Waals surface area contributed by atoms with Crippen LogP contribution in [0.5, 0.6) is 0 Å². The Labute approximate surface area is 189 Å². The zero-order valence-corrected chi connectivity index (χ0v) is 18.4. The first-order valence-corrected chi connectivity index (χ1v) is 11.0. The van der Waals surface area contributed by atoms with Gasteiger partial charge in [-0.3, -0.25) is 9.78 Å². The van der Waals surface area contributed by atoms with Gasteiger partial charge in [-0.25, -0.2) is 10.4 Å². The number of imidazole rings is 1. The van der Waals surface area contributed by atoms with Crippen molar-refractivity contribution in [2.75, 3.05) is 5.75 Å². The van der Waals surface area contributed by atoms with E-state index in [1.165, 1.54) is 11.8 Å². The summed E-state index contributed by atoms with van der Waals surface area (Å²) >= 11 is 7.40. The standard InChI is InChI=1S/C23H20ClN5OS/c1-16(18-10-12-25-13-11-18)27-28-22(30)15-31-23-26-20-4-2-3-5-21(20)29(23)14-17-6-8-19(24)9-7-17/h2-13H,14-15H2,1H3,(H,28,30)/b27-16+. The number of hydrazone groups is 1. The molecule has 0 aliphatic rings. The topological polar surface area (TPSA) is 72.2 Å². The summed E-state index contributed by atoms with van der Waals surface area (Å²) < 4.78 is 2.11. The van der Waals surface area contributed by atoms with Gasteiger partial charge in [-0.15, -0.1) is 0 Å². The summed E-state index contributed by atoms with van der Waals surface area (Å²) in [4.78, 5) is 21.1. The molecule has 2 heterocycles. The van der Waals surface area contributed by atoms with E-state index in [1.807, 2.05) is 67.6 Å². The van der Waals surface area contributed by atoms with Gasteiger partial charge in [-0.05, 0) is 48.9 Å². The van der Waals surface area contributed by atoms with E-state index in [1.54, 1.807) is 12.4 Å². The number of halogens is 1. The molecule has 0 saturated heterocycles. The molecule has 8 heteroatoms. The van der Waals surface area contributed by atoms with Gasteiger partial charge in [-0.1, -0.05) is 47.6 Å². The second kappa shape index (κ2) is 9.76. The molecule has 4 rings (SSSR count). The highest BCUT2D eigenvalue weighted by molar-refractivity contribution is 7.99. The highest BCUT2D eigenvalue weighted by Gasteiger charge is 2.13. The average Bonchev–Trinajstić information content (AvgIpc) is 3.15. The second-order valence-corrected chi connectivity index (χ2v) is 8.23. The molecule has 31 heavy (non-hydrogen) atoms. The number of amides is 1. The minimum atomic E-state index is -0.191. The van der Waals surface area contributed by atoms with Crippen molar-refractivity contribution in [3.63, 3.8) is 0 Å². The Morgan fingerprint density at radius 3 is 2.61 bits per heavy atom. The van der Waals surface area contributed by atoms with Crippen LogP contribution in [0.2, 0.25) is 5.02 Å². The number of para-hydroxylation sites is 2. The Kier molecular flexibility index (Phi) is 6.64. The maximum atomic E-state index is 12.4. The first-order chi connectivity index (χ1) is 15.1. The lowest BCUT2D eigenvalue weighted by Crippen LogP contribution is -2.21. The number of rotatable bonds is 7. The van der Waals surface area contributed by atoms with Crippen molar-refractivity contribution in [2.24, 2.45) is 5.10 Å². The lowest BCUT2D eigenvalue weighted by molar-refractivity contribution is -0.118. The average molecular weight is 450 g/mol. The van der Waals surface area contributed by atoms with Crippen LogP contribution in [0.4, 0.5) is 0 Å². The molecular weight excluding hydrogens is 430 g/mol. The quantitative estimate of drug-likeness (QED) is 0.251. The maximum Gasteiger partial charge on any atom is 0.250 e. The van der Waals surface area contributed by atoms with Gasteiger partial charge in [-0.2, -0.15) is 5.10 Å². The molecule has 4 aromatic rings. The van der Waals surface area contributed by atoms with Crippen LogP contribution in [0, 0.1) is 0 Å². The third-order valence-corrected chi connectivity index (χ3v) is 5.88. The molecule has 0 aliphatic carbocycles. The Bertz CT molecular complexity index is 1220. The van der Waals surface area contributed by atoms with E-state index in [-0.39, 0.29) is 11.7 Å². The molecule has 0 fully saturated rings. The summed E-state index contributed by atoms with van der Waals surface area (Å²) in [5, 5.41) is 5.66. The van der Waals surface area contributed by atoms with E-state index >= 15 is 0 Å². The van der Waals surface area contributed by atoms with Crippen molar-refractivity contribution in [3.8, 4) is 0 Å². The summed E-state index contributed by atoms with van der Waals surface area (Å²) in [5.74, 6) is 0.0142. The van der Waals surface area contributed by atoms with Crippen LogP contribution in [0.3, 0.4) is 0 Å². The van der Waals surface area contributed by atoms with Gasteiger partial charge in [0.25, 0.3) is 5.91 Å². The monoisotopic (exact) mass is 449 g/mol. The van der Waals surface area contributed by atoms with Gasteiger partial charge in [0.2, 0.25) is 0 Å². The number of hydrogen-bond donors (Lipinski definition) is 1. The summed E-state index contributed by atoms with van der Waals surface area (Å²) in [6.45, 7) is 2.48. The number of nitrogens with one attached hydrogen (secondary N) is 1. The molecular formula is C23H20ClN5OS. The fourth-order valence-corrected chi connectivity index (χ4v) is 3.99. The highest BCUT2D eigenvalue weighted by Crippen LogP contribution is 2.25. The molecule has 2 aromatic carbocycles. The Morgan fingerprint density at radius 2 is 1.84 bits per heavy atom. The van der Waals surface area contributed by atoms with E-state index in [9.17, 15) is 4.79 Å². The van der Waals surface area contributed by atoms with Crippen LogP contribution < -0.4 is 5.43 Å². The van der Waals surface area contributed by atoms with Crippen molar-refractivity contribution in [2.45, 2.75) is 18.6 Å². The summed E-state index contributed by atoms with van der Waals surface area (Å²) in [7, 11) is 0. The van der Waals surface area contributed by atoms with Gasteiger partial charge in [0.1, 0.15) is 0 Å². The fraction of sp³-hybridized carbons (Fsp3) is 0.130. The number of fused-ring (bicyclic) bond motifs is 1. The number of benzene rings is 2. The predicted molar refractivity (Wildman–Crippen MR) is 126 cm³/mol. The molecule has 0 atom stereocenters. The van der Waals surface area contributed by atoms with Crippen molar-refractivity contribution in [3.05, 3.63) is 89.2 Å². The third-order valence-electron chi connectivity index (χ3n) is 4.65. The lowest BCUT2D eigenvalue weighted by Gasteiger charge is -2.09. The van der Waals surface area contributed by atoms with Crippen LogP contribution in [0.15, 0.2) is 83.3 Å². The second-order valence-electron chi connectivity index (χ2n) is 6.85. The Morgan fingerprint density at radius 1 is 1.10 bits per heavy atom. The number of carbonyl (C=O) groups is 1. The van der Waals surface area contributed by atoms with E-state index < -0.39 is 0 Å². The molecule has 1 amide bonds. The number of aromatic nitrogens is 3. The lowest BCUT2D eigenvalue weighted by atomic mass is 10.2. The SMILES string of the molecule is C/C(=N\NC(=O)CSc1nc2ccccc2n1Cc1ccc(Cl)cc1)c1ccncc1. The number of hydrogen-bond acceptors (Lipinski definition) is 5. The smallest absolute Gasteiger partial charge is 0.250 e. The van der Waals surface area contributed by atoms with E-state index in [4.69, 9.17) is 16.6 Å². The fourth-order valence-electron chi connectivity index (χ4n) is 3.06. The van der Waals surface area contributed by atoms with E-state index in [0.29, 0.717) is 11.6 Å². The molecule has 0 unspecified atom stereocenters. The van der Waals surface area contributed by atoms with Gasteiger partial charge in [0, 0.05) is 23.0 Å². The predicted octanol–water partition coefficient (Wildman–Crippen LogP) is 4.77. The van der Waals surface area contributed by atoms with Crippen LogP contribution in [-0.2, 0) is 11.3 Å². The van der Waals surface area contributed by atoms with Crippen LogP contribution in [0.1, 0.15) is 18.1 Å². The summed E-state index contributed by atoms with van der Waals surface area (Å²) in [5.41, 5.74) is 7.27. The summed E-state index contributed by atoms with van der Waals surface area (Å²) in [6, 6.07) is 19.4. The number of nitrogens with zero attached hydrogens (tertiary/aromatic N) is 4. The molecule has 0 aliphatic heterocycles. The molecule has 6 nitrogen and oxygen atoms in total. The molecule has 0 radical (unpaired) electrons. The van der Waals surface area contributed by atoms with Gasteiger partial charge >= 0.3 is 0 Å². The molecule has 156 valence electrons. The molecule has 0 saturated carbocycles. The van der Waals surface area contributed by atoms with Crippen molar-refractivity contribution < 1.29 is 4.79 Å². The molecule has 2 aromatic heterocycles. The molecule has 1 N–H and O–H groups in total. The minimum absolute atomic E-state index is 0.191. The summed E-state index contributed by atoms with van der Waals surface area (Å²) in [6.07, 6.45) is 3.38. The third kappa shape index (κ3) is 5.31. The number of pyridine rings is 1. The van der Waals surface area contributed by atoms with Gasteiger partial charge in [0.15, 0.2) is 5.16 Å². The maximum absolute atomic E-state index is 12.4. The van der Waals surface area contributed by atoms with Crippen LogP contribution >= 0.6 is 23.4 Å². The molecule has 0 spiro atoms. The number of thioether (sulfide) groups is 1.